The van der Waals surface area contributed by atoms with Gasteiger partial charge in [0.05, 0.1) is 18.0 Å². The summed E-state index contributed by atoms with van der Waals surface area (Å²) in [7, 11) is 0. The molecular formula is C20H12BrN5. The van der Waals surface area contributed by atoms with Crippen LogP contribution in [-0.4, -0.2) is 19.3 Å². The molecule has 0 unspecified atom stereocenters. The van der Waals surface area contributed by atoms with Crippen LogP contribution in [0.25, 0.3) is 33.2 Å². The first-order valence-corrected chi connectivity index (χ1v) is 8.89. The molecule has 0 saturated heterocycles. The lowest BCUT2D eigenvalue weighted by Crippen LogP contribution is -1.99. The summed E-state index contributed by atoms with van der Waals surface area (Å²) < 4.78 is 5.29. The van der Waals surface area contributed by atoms with Crippen molar-refractivity contribution in [2.24, 2.45) is 0 Å². The molecule has 0 fully saturated rings. The van der Waals surface area contributed by atoms with E-state index >= 15 is 0 Å². The third kappa shape index (κ3) is 2.29. The molecule has 6 heteroatoms. The Hall–Kier alpha value is -3.17. The van der Waals surface area contributed by atoms with E-state index in [1.165, 1.54) is 5.56 Å². The Morgan fingerprint density at radius 2 is 1.88 bits per heavy atom. The van der Waals surface area contributed by atoms with E-state index in [0.717, 1.165) is 39.4 Å². The summed E-state index contributed by atoms with van der Waals surface area (Å²) in [5, 5.41) is 8.48. The molecule has 0 radical (unpaired) electrons. The van der Waals surface area contributed by atoms with E-state index in [2.05, 4.69) is 59.9 Å². The number of halogens is 1. The summed E-state index contributed by atoms with van der Waals surface area (Å²) in [4.78, 5) is 3.46. The highest BCUT2D eigenvalue weighted by molar-refractivity contribution is 9.10. The van der Waals surface area contributed by atoms with Crippen molar-refractivity contribution in [2.75, 3.05) is 0 Å². The summed E-state index contributed by atoms with van der Waals surface area (Å²) >= 11 is 3.57. The molecule has 3 heterocycles. The van der Waals surface area contributed by atoms with Gasteiger partial charge in [-0.1, -0.05) is 40.2 Å². The zero-order valence-corrected chi connectivity index (χ0v) is 15.2. The SMILES string of the molecule is [C-]#[N+]c1ccc(-c2cc3n(c2)Cc2cc(Br)ccc2-n2cnnc2-3)cc1. The van der Waals surface area contributed by atoms with Crippen molar-refractivity contribution in [1.29, 1.82) is 0 Å². The maximum atomic E-state index is 7.10. The minimum absolute atomic E-state index is 0.646. The lowest BCUT2D eigenvalue weighted by molar-refractivity contribution is 0.816. The lowest BCUT2D eigenvalue weighted by Gasteiger charge is -2.09. The van der Waals surface area contributed by atoms with Crippen LogP contribution in [-0.2, 0) is 6.54 Å². The Kier molecular flexibility index (Phi) is 3.30. The molecule has 2 aromatic carbocycles. The molecule has 4 aromatic rings. The van der Waals surface area contributed by atoms with Crippen molar-refractivity contribution in [1.82, 2.24) is 19.3 Å². The molecule has 1 aliphatic heterocycles. The number of benzene rings is 2. The van der Waals surface area contributed by atoms with Crippen LogP contribution in [0.2, 0.25) is 0 Å². The molecule has 124 valence electrons. The Morgan fingerprint density at radius 1 is 1.04 bits per heavy atom. The van der Waals surface area contributed by atoms with Crippen LogP contribution in [0.15, 0.2) is 65.5 Å². The van der Waals surface area contributed by atoms with Gasteiger partial charge in [-0.05, 0) is 35.4 Å². The first-order valence-electron chi connectivity index (χ1n) is 8.10. The number of nitrogens with zero attached hydrogens (tertiary/aromatic N) is 5. The number of fused-ring (bicyclic) bond motifs is 5. The molecule has 0 N–H and O–H groups in total. The molecule has 5 nitrogen and oxygen atoms in total. The van der Waals surface area contributed by atoms with Crippen molar-refractivity contribution in [3.8, 4) is 28.3 Å². The summed E-state index contributed by atoms with van der Waals surface area (Å²) in [6, 6.07) is 16.1. The normalized spacial score (nSPS) is 11.8. The highest BCUT2D eigenvalue weighted by Gasteiger charge is 2.21. The summed E-state index contributed by atoms with van der Waals surface area (Å²) in [5.74, 6) is 0.829. The predicted octanol–water partition coefficient (Wildman–Crippen LogP) is 5.08. The number of hydrogen-bond acceptors (Lipinski definition) is 2. The van der Waals surface area contributed by atoms with Crippen LogP contribution in [0, 0.1) is 6.57 Å². The highest BCUT2D eigenvalue weighted by Crippen LogP contribution is 2.34. The van der Waals surface area contributed by atoms with Crippen molar-refractivity contribution in [2.45, 2.75) is 6.54 Å². The Balaban J connectivity index is 1.68. The van der Waals surface area contributed by atoms with Crippen molar-refractivity contribution >= 4 is 21.6 Å². The molecule has 26 heavy (non-hydrogen) atoms. The van der Waals surface area contributed by atoms with Crippen LogP contribution in [0.1, 0.15) is 5.56 Å². The molecule has 0 saturated carbocycles. The lowest BCUT2D eigenvalue weighted by atomic mass is 10.1. The van der Waals surface area contributed by atoms with Crippen LogP contribution in [0.3, 0.4) is 0 Å². The molecule has 0 aliphatic carbocycles. The second-order valence-electron chi connectivity index (χ2n) is 6.20. The third-order valence-corrected chi connectivity index (χ3v) is 5.14. The number of aromatic nitrogens is 4. The van der Waals surface area contributed by atoms with E-state index in [4.69, 9.17) is 6.57 Å². The fourth-order valence-corrected chi connectivity index (χ4v) is 3.81. The van der Waals surface area contributed by atoms with Gasteiger partial charge in [0.2, 0.25) is 0 Å². The van der Waals surface area contributed by atoms with Crippen LogP contribution in [0.5, 0.6) is 0 Å². The van der Waals surface area contributed by atoms with Crippen LogP contribution >= 0.6 is 15.9 Å². The third-order valence-electron chi connectivity index (χ3n) is 4.64. The van der Waals surface area contributed by atoms with Gasteiger partial charge in [-0.3, -0.25) is 4.57 Å². The Labute approximate surface area is 158 Å². The van der Waals surface area contributed by atoms with Crippen molar-refractivity contribution in [3.05, 3.63) is 82.5 Å². The van der Waals surface area contributed by atoms with E-state index in [0.29, 0.717) is 5.69 Å². The fourth-order valence-electron chi connectivity index (χ4n) is 3.40. The molecular weight excluding hydrogens is 390 g/mol. The van der Waals surface area contributed by atoms with E-state index in [1.54, 1.807) is 6.33 Å². The van der Waals surface area contributed by atoms with Crippen molar-refractivity contribution in [3.63, 3.8) is 0 Å². The molecule has 2 aromatic heterocycles. The molecule has 5 rings (SSSR count). The monoisotopic (exact) mass is 401 g/mol. The standard InChI is InChI=1S/C20H12BrN5/c1-22-17-5-2-13(3-6-17)14-9-19-20-24-23-12-26(20)18-7-4-16(21)8-15(18)11-25(19)10-14/h2-10,12H,11H2. The average Bonchev–Trinajstić information content (AvgIpc) is 3.27. The molecule has 0 atom stereocenters. The van der Waals surface area contributed by atoms with E-state index in [1.807, 2.05) is 34.9 Å². The quantitative estimate of drug-likeness (QED) is 0.367. The van der Waals surface area contributed by atoms with E-state index in [-0.39, 0.29) is 0 Å². The highest BCUT2D eigenvalue weighted by atomic mass is 79.9. The Bertz CT molecular complexity index is 1180. The topological polar surface area (TPSA) is 40.0 Å². The number of rotatable bonds is 1. The first-order chi connectivity index (χ1) is 12.7. The van der Waals surface area contributed by atoms with Crippen LogP contribution in [0.4, 0.5) is 5.69 Å². The number of hydrogen-bond donors (Lipinski definition) is 0. The molecule has 0 bridgehead atoms. The van der Waals surface area contributed by atoms with Gasteiger partial charge < -0.3 is 4.57 Å². The van der Waals surface area contributed by atoms with E-state index in [9.17, 15) is 0 Å². The maximum absolute atomic E-state index is 7.10. The van der Waals surface area contributed by atoms with E-state index < -0.39 is 0 Å². The smallest absolute Gasteiger partial charge is 0.187 e. The first kappa shape index (κ1) is 15.1. The minimum atomic E-state index is 0.646. The molecule has 0 amide bonds. The van der Waals surface area contributed by atoms with Gasteiger partial charge in [-0.25, -0.2) is 4.85 Å². The summed E-state index contributed by atoms with van der Waals surface area (Å²) in [6.45, 7) is 7.86. The second kappa shape index (κ2) is 5.68. The Morgan fingerprint density at radius 3 is 2.69 bits per heavy atom. The van der Waals surface area contributed by atoms with Gasteiger partial charge in [0, 0.05) is 22.8 Å². The van der Waals surface area contributed by atoms with Gasteiger partial charge in [0.1, 0.15) is 6.33 Å². The van der Waals surface area contributed by atoms with Crippen molar-refractivity contribution < 1.29 is 0 Å². The van der Waals surface area contributed by atoms with Gasteiger partial charge in [-0.15, -0.1) is 10.2 Å². The molecule has 1 aliphatic rings. The zero-order valence-electron chi connectivity index (χ0n) is 13.6. The minimum Gasteiger partial charge on any atom is -0.340 e. The molecule has 0 spiro atoms. The largest absolute Gasteiger partial charge is 0.340 e. The average molecular weight is 402 g/mol. The zero-order chi connectivity index (χ0) is 17.7. The van der Waals surface area contributed by atoms with Gasteiger partial charge in [0.25, 0.3) is 0 Å². The second-order valence-corrected chi connectivity index (χ2v) is 7.11. The summed E-state index contributed by atoms with van der Waals surface area (Å²) in [6.07, 6.45) is 3.89. The maximum Gasteiger partial charge on any atom is 0.187 e. The summed E-state index contributed by atoms with van der Waals surface area (Å²) in [5.41, 5.74) is 6.15. The van der Waals surface area contributed by atoms with Gasteiger partial charge in [0.15, 0.2) is 11.5 Å². The van der Waals surface area contributed by atoms with Gasteiger partial charge >= 0.3 is 0 Å². The predicted molar refractivity (Wildman–Crippen MR) is 103 cm³/mol. The van der Waals surface area contributed by atoms with Crippen LogP contribution < -0.4 is 0 Å². The fraction of sp³-hybridized carbons (Fsp3) is 0.0500. The van der Waals surface area contributed by atoms with Gasteiger partial charge in [-0.2, -0.15) is 0 Å².